The second-order valence-corrected chi connectivity index (χ2v) is 10.6. The van der Waals surface area contributed by atoms with Crippen LogP contribution >= 0.6 is 11.6 Å². The monoisotopic (exact) mass is 501 g/mol. The van der Waals surface area contributed by atoms with E-state index in [0.29, 0.717) is 23.5 Å². The molecule has 1 aromatic heterocycles. The minimum Gasteiger partial charge on any atom is -0.502 e. The number of carbonyl (C=O) groups is 2. The van der Waals surface area contributed by atoms with E-state index < -0.39 is 34.8 Å². The molecule has 0 bridgehead atoms. The first-order valence-electron chi connectivity index (χ1n) is 11.9. The van der Waals surface area contributed by atoms with Crippen LogP contribution in [0.2, 0.25) is 5.02 Å². The number of hydrogen-bond donors (Lipinski definition) is 2. The summed E-state index contributed by atoms with van der Waals surface area (Å²) in [5.41, 5.74) is -0.644. The maximum absolute atomic E-state index is 13.7. The average Bonchev–Trinajstić information content (AvgIpc) is 3.46. The molecule has 4 atom stereocenters. The van der Waals surface area contributed by atoms with Crippen molar-refractivity contribution in [1.82, 2.24) is 14.4 Å². The Bertz CT molecular complexity index is 1360. The van der Waals surface area contributed by atoms with Gasteiger partial charge in [0, 0.05) is 31.1 Å². The smallest absolute Gasteiger partial charge is 0.296 e. The summed E-state index contributed by atoms with van der Waals surface area (Å²) in [4.78, 5) is 43.8. The lowest BCUT2D eigenvalue weighted by Gasteiger charge is -2.38. The third-order valence-corrected chi connectivity index (χ3v) is 8.38. The molecule has 4 aliphatic rings. The lowest BCUT2D eigenvalue weighted by Crippen LogP contribution is -2.52. The molecule has 2 aromatic rings. The second kappa shape index (κ2) is 7.54. The minimum absolute atomic E-state index is 0.0599. The highest BCUT2D eigenvalue weighted by Crippen LogP contribution is 2.64. The van der Waals surface area contributed by atoms with Crippen LogP contribution < -0.4 is 5.56 Å². The van der Waals surface area contributed by atoms with Crippen LogP contribution in [0.4, 0.5) is 4.39 Å². The third kappa shape index (κ3) is 3.04. The van der Waals surface area contributed by atoms with E-state index in [2.05, 4.69) is 0 Å². The molecule has 2 aliphatic carbocycles. The molecule has 2 amide bonds. The minimum atomic E-state index is -0.900. The van der Waals surface area contributed by atoms with Gasteiger partial charge in [0.25, 0.3) is 17.4 Å². The fourth-order valence-corrected chi connectivity index (χ4v) is 6.76. The lowest BCUT2D eigenvalue weighted by molar-refractivity contribution is 0.00469. The van der Waals surface area contributed by atoms with Crippen molar-refractivity contribution in [2.75, 3.05) is 13.1 Å². The molecule has 1 aromatic carbocycles. The quantitative estimate of drug-likeness (QED) is 0.670. The molecular weight excluding hydrogens is 477 g/mol. The van der Waals surface area contributed by atoms with Crippen LogP contribution in [-0.2, 0) is 18.6 Å². The number of fused-ring (bicyclic) bond motifs is 6. The van der Waals surface area contributed by atoms with Gasteiger partial charge in [0.2, 0.25) is 0 Å². The van der Waals surface area contributed by atoms with Crippen LogP contribution in [-0.4, -0.2) is 55.6 Å². The zero-order chi connectivity index (χ0) is 24.8. The Morgan fingerprint density at radius 1 is 1.26 bits per heavy atom. The summed E-state index contributed by atoms with van der Waals surface area (Å²) >= 11 is 5.88. The molecule has 2 fully saturated rings. The maximum atomic E-state index is 13.7. The van der Waals surface area contributed by atoms with Crippen molar-refractivity contribution in [1.29, 1.82) is 0 Å². The number of β-amino-alcohol motifs (C(OH)–C–C–N with tert-alkyl or cyclic N) is 1. The number of aliphatic hydroxyl groups excluding tert-OH is 1. The number of carbonyl (C=O) groups excluding carboxylic acids is 2. The Morgan fingerprint density at radius 2 is 2.03 bits per heavy atom. The van der Waals surface area contributed by atoms with E-state index in [4.69, 9.17) is 11.6 Å². The Labute approximate surface area is 205 Å². The molecule has 0 unspecified atom stereocenters. The molecule has 35 heavy (non-hydrogen) atoms. The van der Waals surface area contributed by atoms with Gasteiger partial charge in [-0.15, -0.1) is 0 Å². The van der Waals surface area contributed by atoms with Gasteiger partial charge in [-0.2, -0.15) is 0 Å². The summed E-state index contributed by atoms with van der Waals surface area (Å²) in [7, 11) is 0. The van der Waals surface area contributed by atoms with E-state index in [0.717, 1.165) is 12.8 Å². The van der Waals surface area contributed by atoms with E-state index in [1.54, 1.807) is 11.8 Å². The van der Waals surface area contributed by atoms with Gasteiger partial charge in [0.1, 0.15) is 17.2 Å². The number of rotatable bonds is 4. The molecule has 10 heteroatoms. The number of aromatic hydroxyl groups is 1. The highest BCUT2D eigenvalue weighted by molar-refractivity contribution is 6.30. The maximum Gasteiger partial charge on any atom is 0.296 e. The van der Waals surface area contributed by atoms with Gasteiger partial charge >= 0.3 is 0 Å². The van der Waals surface area contributed by atoms with Crippen molar-refractivity contribution in [2.45, 2.75) is 50.9 Å². The first kappa shape index (κ1) is 22.5. The van der Waals surface area contributed by atoms with Gasteiger partial charge in [-0.25, -0.2) is 4.39 Å². The Hall–Kier alpha value is -2.91. The number of halogens is 2. The zero-order valence-corrected chi connectivity index (χ0v) is 19.9. The fraction of sp³-hybridized carbons (Fsp3) is 0.480. The molecule has 2 aliphatic heterocycles. The zero-order valence-electron chi connectivity index (χ0n) is 19.1. The van der Waals surface area contributed by atoms with Gasteiger partial charge in [-0.1, -0.05) is 17.7 Å². The molecule has 2 saturated carbocycles. The largest absolute Gasteiger partial charge is 0.502 e. The summed E-state index contributed by atoms with van der Waals surface area (Å²) in [5.74, 6) is -1.64. The van der Waals surface area contributed by atoms with Crippen LogP contribution in [0.1, 0.15) is 58.2 Å². The molecule has 0 saturated heterocycles. The van der Waals surface area contributed by atoms with E-state index in [1.165, 1.54) is 27.7 Å². The van der Waals surface area contributed by atoms with Crippen molar-refractivity contribution in [3.63, 3.8) is 0 Å². The SMILES string of the molecule is C[C@@H](O)CN1C(=O)c2c3c(c(O)c(=O)n2[C@]12CC[C@@H]1C[C@@H]12)C(=O)N(Cc1ccc(F)c(Cl)c1)CC3. The average molecular weight is 502 g/mol. The highest BCUT2D eigenvalue weighted by Gasteiger charge is 2.67. The second-order valence-electron chi connectivity index (χ2n) is 10.2. The summed E-state index contributed by atoms with van der Waals surface area (Å²) in [6, 6.07) is 4.18. The van der Waals surface area contributed by atoms with Crippen molar-refractivity contribution in [3.8, 4) is 5.75 Å². The lowest BCUT2D eigenvalue weighted by atomic mass is 9.95. The number of amides is 2. The van der Waals surface area contributed by atoms with Gasteiger partial charge in [-0.3, -0.25) is 19.0 Å². The molecule has 184 valence electrons. The van der Waals surface area contributed by atoms with Gasteiger partial charge < -0.3 is 20.0 Å². The highest BCUT2D eigenvalue weighted by atomic mass is 35.5. The molecule has 6 rings (SSSR count). The summed E-state index contributed by atoms with van der Waals surface area (Å²) < 4.78 is 15.0. The number of pyridine rings is 1. The normalized spacial score (nSPS) is 27.3. The molecule has 2 N–H and O–H groups in total. The Kier molecular flexibility index (Phi) is 4.86. The van der Waals surface area contributed by atoms with Crippen LogP contribution in [0, 0.1) is 17.7 Å². The van der Waals surface area contributed by atoms with E-state index in [-0.39, 0.29) is 54.2 Å². The van der Waals surface area contributed by atoms with Gasteiger partial charge in [0.15, 0.2) is 5.75 Å². The number of aromatic nitrogens is 1. The van der Waals surface area contributed by atoms with Crippen molar-refractivity contribution in [2.24, 2.45) is 11.8 Å². The van der Waals surface area contributed by atoms with Crippen LogP contribution in [0.5, 0.6) is 5.75 Å². The summed E-state index contributed by atoms with van der Waals surface area (Å²) in [6.07, 6.45) is 1.82. The predicted octanol–water partition coefficient (Wildman–Crippen LogP) is 2.46. The molecular formula is C25H25ClFN3O5. The first-order valence-corrected chi connectivity index (χ1v) is 12.3. The third-order valence-electron chi connectivity index (χ3n) is 8.09. The van der Waals surface area contributed by atoms with Crippen molar-refractivity contribution in [3.05, 3.63) is 61.8 Å². The van der Waals surface area contributed by atoms with E-state index in [9.17, 15) is 29.0 Å². The van der Waals surface area contributed by atoms with Crippen molar-refractivity contribution >= 4 is 23.4 Å². The van der Waals surface area contributed by atoms with Crippen LogP contribution in [0.25, 0.3) is 0 Å². The van der Waals surface area contributed by atoms with E-state index >= 15 is 0 Å². The van der Waals surface area contributed by atoms with Gasteiger partial charge in [-0.05, 0) is 56.2 Å². The standard InChI is InChI=1S/C25H25ClFN3O5/c1-12(31)10-29-23(34)20-15-5-7-28(11-13-2-3-18(27)17(26)8-13)22(33)19(15)21(32)24(35)30(20)25(29)6-4-14-9-16(14)25/h2-3,8,12,14,16,31-32H,4-7,9-11H2,1H3/t12-,14-,16+,25+/m1/s1. The molecule has 0 radical (unpaired) electrons. The number of hydrogen-bond acceptors (Lipinski definition) is 5. The number of nitrogens with zero attached hydrogens (tertiary/aromatic N) is 3. The van der Waals surface area contributed by atoms with Gasteiger partial charge in [0.05, 0.1) is 16.7 Å². The van der Waals surface area contributed by atoms with Crippen LogP contribution in [0.3, 0.4) is 0 Å². The first-order chi connectivity index (χ1) is 16.6. The molecule has 3 heterocycles. The fourth-order valence-electron chi connectivity index (χ4n) is 6.55. The summed E-state index contributed by atoms with van der Waals surface area (Å²) in [5, 5.41) is 21.1. The number of benzene rings is 1. The Morgan fingerprint density at radius 3 is 2.66 bits per heavy atom. The van der Waals surface area contributed by atoms with Crippen molar-refractivity contribution < 1.29 is 24.2 Å². The molecule has 1 spiro atoms. The predicted molar refractivity (Wildman–Crippen MR) is 124 cm³/mol. The molecule has 8 nitrogen and oxygen atoms in total. The summed E-state index contributed by atoms with van der Waals surface area (Å²) in [6.45, 7) is 2.05. The Balaban J connectivity index is 1.45. The van der Waals surface area contributed by atoms with E-state index in [1.807, 2.05) is 0 Å². The number of aliphatic hydroxyl groups is 1. The van der Waals surface area contributed by atoms with Crippen LogP contribution in [0.15, 0.2) is 23.0 Å². The topological polar surface area (TPSA) is 103 Å².